The summed E-state index contributed by atoms with van der Waals surface area (Å²) in [5, 5.41) is 12.0. The predicted molar refractivity (Wildman–Crippen MR) is 98.9 cm³/mol. The van der Waals surface area contributed by atoms with Gasteiger partial charge in [-0.05, 0) is 30.2 Å². The van der Waals surface area contributed by atoms with Crippen LogP contribution in [-0.2, 0) is 16.0 Å². The van der Waals surface area contributed by atoms with Crippen molar-refractivity contribution in [3.05, 3.63) is 64.7 Å². The Labute approximate surface area is 157 Å². The first-order valence-corrected chi connectivity index (χ1v) is 8.81. The lowest BCUT2D eigenvalue weighted by Crippen LogP contribution is -2.34. The molecule has 140 valence electrons. The lowest BCUT2D eigenvalue weighted by atomic mass is 10.0. The van der Waals surface area contributed by atoms with Gasteiger partial charge in [0.25, 0.3) is 0 Å². The molecule has 0 saturated heterocycles. The Balaban J connectivity index is 1.61. The van der Waals surface area contributed by atoms with Crippen LogP contribution in [0.3, 0.4) is 0 Å². The van der Waals surface area contributed by atoms with Crippen LogP contribution in [0.1, 0.15) is 45.9 Å². The van der Waals surface area contributed by atoms with E-state index in [0.29, 0.717) is 24.2 Å². The van der Waals surface area contributed by atoms with Crippen LogP contribution in [0.15, 0.2) is 42.5 Å². The minimum Gasteiger partial charge on any atom is -0.493 e. The summed E-state index contributed by atoms with van der Waals surface area (Å²) in [5.74, 6) is -1.02. The van der Waals surface area contributed by atoms with E-state index in [1.54, 1.807) is 30.3 Å². The van der Waals surface area contributed by atoms with Gasteiger partial charge in [0.15, 0.2) is 11.8 Å². The Morgan fingerprint density at radius 2 is 1.85 bits per heavy atom. The number of Topliss-reactive ketones (excluding diaryl/α,β-unsaturated/α-hetero) is 1. The average Bonchev–Trinajstić information content (AvgIpc) is 3.12. The maximum Gasteiger partial charge on any atom is 0.330 e. The van der Waals surface area contributed by atoms with Gasteiger partial charge in [-0.15, -0.1) is 0 Å². The number of carbonyl (C=O) groups excluding carboxylic acids is 2. The van der Waals surface area contributed by atoms with Crippen LogP contribution in [-0.4, -0.2) is 29.4 Å². The topological polar surface area (TPSA) is 92.7 Å². The normalized spacial score (nSPS) is 13.4. The zero-order chi connectivity index (χ0) is 19.4. The van der Waals surface area contributed by atoms with Crippen LogP contribution in [0.2, 0.25) is 0 Å². The van der Waals surface area contributed by atoms with E-state index >= 15 is 0 Å². The number of benzene rings is 2. The third-order valence-corrected chi connectivity index (χ3v) is 4.55. The van der Waals surface area contributed by atoms with Crippen LogP contribution < -0.4 is 10.1 Å². The quantitative estimate of drug-likeness (QED) is 0.734. The molecule has 0 saturated carbocycles. The molecule has 3 rings (SSSR count). The summed E-state index contributed by atoms with van der Waals surface area (Å²) in [6.07, 6.45) is 0.679. The summed E-state index contributed by atoms with van der Waals surface area (Å²) in [7, 11) is 0. The first kappa shape index (κ1) is 18.6. The molecule has 1 amide bonds. The smallest absolute Gasteiger partial charge is 0.330 e. The Morgan fingerprint density at radius 3 is 2.56 bits per heavy atom. The molecule has 6 heteroatoms. The second kappa shape index (κ2) is 8.03. The number of amides is 1. The van der Waals surface area contributed by atoms with Crippen LogP contribution in [0.4, 0.5) is 0 Å². The molecule has 27 heavy (non-hydrogen) atoms. The van der Waals surface area contributed by atoms with Gasteiger partial charge >= 0.3 is 5.97 Å². The van der Waals surface area contributed by atoms with Crippen LogP contribution in [0.25, 0.3) is 0 Å². The summed E-state index contributed by atoms with van der Waals surface area (Å²) in [6.45, 7) is 2.50. The maximum atomic E-state index is 12.2. The number of aryl methyl sites for hydroxylation is 1. The molecule has 0 radical (unpaired) electrons. The third kappa shape index (κ3) is 4.53. The number of ketones is 1. The molecule has 1 heterocycles. The minimum atomic E-state index is -1.15. The fourth-order valence-electron chi connectivity index (χ4n) is 3.02. The van der Waals surface area contributed by atoms with E-state index in [2.05, 4.69) is 5.32 Å². The number of fused-ring (bicyclic) bond motifs is 1. The molecule has 1 atom stereocenters. The Morgan fingerprint density at radius 1 is 1.11 bits per heavy atom. The molecular formula is C21H21NO5. The van der Waals surface area contributed by atoms with Crippen LogP contribution in [0.5, 0.6) is 5.75 Å². The van der Waals surface area contributed by atoms with Crippen molar-refractivity contribution in [1.29, 1.82) is 0 Å². The summed E-state index contributed by atoms with van der Waals surface area (Å²) in [6, 6.07) is 11.1. The van der Waals surface area contributed by atoms with E-state index in [1.807, 2.05) is 19.1 Å². The van der Waals surface area contributed by atoms with Crippen molar-refractivity contribution < 1.29 is 24.2 Å². The second-order valence-corrected chi connectivity index (χ2v) is 6.59. The van der Waals surface area contributed by atoms with Crippen molar-refractivity contribution >= 4 is 17.7 Å². The summed E-state index contributed by atoms with van der Waals surface area (Å²) in [4.78, 5) is 36.0. The van der Waals surface area contributed by atoms with Crippen molar-refractivity contribution in [3.63, 3.8) is 0 Å². The molecule has 0 bridgehead atoms. The van der Waals surface area contributed by atoms with Crippen molar-refractivity contribution in [1.82, 2.24) is 5.32 Å². The highest BCUT2D eigenvalue weighted by molar-refractivity contribution is 5.98. The van der Waals surface area contributed by atoms with E-state index in [-0.39, 0.29) is 18.6 Å². The van der Waals surface area contributed by atoms with Crippen LogP contribution in [0, 0.1) is 6.92 Å². The molecule has 6 nitrogen and oxygen atoms in total. The van der Waals surface area contributed by atoms with Gasteiger partial charge in [0, 0.05) is 24.8 Å². The van der Waals surface area contributed by atoms with Gasteiger partial charge in [-0.1, -0.05) is 35.9 Å². The third-order valence-electron chi connectivity index (χ3n) is 4.55. The van der Waals surface area contributed by atoms with Gasteiger partial charge in [-0.3, -0.25) is 9.59 Å². The maximum absolute atomic E-state index is 12.2. The van der Waals surface area contributed by atoms with E-state index in [1.165, 1.54) is 0 Å². The molecular weight excluding hydrogens is 346 g/mol. The van der Waals surface area contributed by atoms with Gasteiger partial charge < -0.3 is 15.2 Å². The van der Waals surface area contributed by atoms with Gasteiger partial charge in [-0.25, -0.2) is 4.79 Å². The molecule has 1 aliphatic rings. The molecule has 2 N–H and O–H groups in total. The summed E-state index contributed by atoms with van der Waals surface area (Å²) >= 11 is 0. The molecule has 2 aromatic rings. The monoisotopic (exact) mass is 367 g/mol. The standard InChI is InChI=1S/C21H21NO5/c1-13-2-4-14(5-3-13)17(23)7-9-19(24)22-20(21(25)26)16-6-8-18-15(12-16)10-11-27-18/h2-6,8,12,20H,7,9-11H2,1H3,(H,22,24)(H,25,26). The van der Waals surface area contributed by atoms with Crippen molar-refractivity contribution in [3.8, 4) is 5.75 Å². The lowest BCUT2D eigenvalue weighted by Gasteiger charge is -2.15. The van der Waals surface area contributed by atoms with E-state index in [9.17, 15) is 19.5 Å². The number of carboxylic acid groups (broad SMARTS) is 1. The number of carbonyl (C=O) groups is 3. The van der Waals surface area contributed by atoms with Crippen LogP contribution >= 0.6 is 0 Å². The molecule has 1 unspecified atom stereocenters. The van der Waals surface area contributed by atoms with E-state index in [4.69, 9.17) is 4.74 Å². The van der Waals surface area contributed by atoms with Gasteiger partial charge in [0.1, 0.15) is 5.75 Å². The number of aliphatic carboxylic acids is 1. The van der Waals surface area contributed by atoms with E-state index in [0.717, 1.165) is 16.9 Å². The molecule has 0 spiro atoms. The average molecular weight is 367 g/mol. The molecule has 1 aliphatic heterocycles. The number of nitrogens with one attached hydrogen (secondary N) is 1. The van der Waals surface area contributed by atoms with Crippen molar-refractivity contribution in [2.45, 2.75) is 32.2 Å². The fraction of sp³-hybridized carbons (Fsp3) is 0.286. The Hall–Kier alpha value is -3.15. The Bertz CT molecular complexity index is 873. The van der Waals surface area contributed by atoms with E-state index < -0.39 is 17.9 Å². The molecule has 2 aromatic carbocycles. The largest absolute Gasteiger partial charge is 0.493 e. The van der Waals surface area contributed by atoms with Crippen molar-refractivity contribution in [2.24, 2.45) is 0 Å². The number of hydrogen-bond donors (Lipinski definition) is 2. The zero-order valence-corrected chi connectivity index (χ0v) is 15.0. The van der Waals surface area contributed by atoms with Gasteiger partial charge in [-0.2, -0.15) is 0 Å². The van der Waals surface area contributed by atoms with Gasteiger partial charge in [0.2, 0.25) is 5.91 Å². The highest BCUT2D eigenvalue weighted by Crippen LogP contribution is 2.28. The summed E-state index contributed by atoms with van der Waals surface area (Å²) in [5.41, 5.74) is 3.02. The molecule has 0 fully saturated rings. The number of rotatable bonds is 7. The fourth-order valence-corrected chi connectivity index (χ4v) is 3.02. The van der Waals surface area contributed by atoms with Crippen molar-refractivity contribution in [2.75, 3.05) is 6.61 Å². The molecule has 0 aromatic heterocycles. The highest BCUT2D eigenvalue weighted by atomic mass is 16.5. The van der Waals surface area contributed by atoms with Gasteiger partial charge in [0.05, 0.1) is 6.61 Å². The Kier molecular flexibility index (Phi) is 5.54. The first-order chi connectivity index (χ1) is 12.9. The number of carboxylic acids is 1. The zero-order valence-electron chi connectivity index (χ0n) is 15.0. The summed E-state index contributed by atoms with van der Waals surface area (Å²) < 4.78 is 5.42. The first-order valence-electron chi connectivity index (χ1n) is 8.81. The second-order valence-electron chi connectivity index (χ2n) is 6.59. The highest BCUT2D eigenvalue weighted by Gasteiger charge is 2.24. The SMILES string of the molecule is Cc1ccc(C(=O)CCC(=O)NC(C(=O)O)c2ccc3c(c2)CCO3)cc1. The number of hydrogen-bond acceptors (Lipinski definition) is 4. The number of ether oxygens (including phenoxy) is 1. The molecule has 0 aliphatic carbocycles. The predicted octanol–water partition coefficient (Wildman–Crippen LogP) is 2.83. The lowest BCUT2D eigenvalue weighted by molar-refractivity contribution is -0.142. The minimum absolute atomic E-state index is 0.0270.